The van der Waals surface area contributed by atoms with Crippen molar-refractivity contribution in [2.75, 3.05) is 32.3 Å². The molecule has 0 radical (unpaired) electrons. The minimum absolute atomic E-state index is 0. The van der Waals surface area contributed by atoms with Gasteiger partial charge in [0.05, 0.1) is 12.8 Å². The normalized spacial score (nSPS) is 9.81. The van der Waals surface area contributed by atoms with Gasteiger partial charge in [-0.05, 0) is 36.2 Å². The number of benzene rings is 2. The molecule has 0 bridgehead atoms. The Morgan fingerprint density at radius 2 is 1.85 bits per heavy atom. The van der Waals surface area contributed by atoms with Gasteiger partial charge in [0.15, 0.2) is 0 Å². The Bertz CT molecular complexity index is 778. The second-order valence-electron chi connectivity index (χ2n) is 5.86. The fourth-order valence-corrected chi connectivity index (χ4v) is 2.41. The summed E-state index contributed by atoms with van der Waals surface area (Å²) < 4.78 is 5.29. The number of carbonyl (C=O) groups excluding carboxylic acids is 2. The molecule has 2 rings (SSSR count). The van der Waals surface area contributed by atoms with Crippen molar-refractivity contribution in [1.29, 1.82) is 0 Å². The number of ether oxygens (including phenoxy) is 1. The lowest BCUT2D eigenvalue weighted by molar-refractivity contribution is -0.116. The number of nitrogens with one attached hydrogen (secondary N) is 1. The van der Waals surface area contributed by atoms with Crippen LogP contribution in [0.4, 0.5) is 11.4 Å². The number of anilines is 2. The molecule has 0 aromatic heterocycles. The van der Waals surface area contributed by atoms with Crippen molar-refractivity contribution in [3.8, 4) is 5.75 Å². The monoisotopic (exact) mass is 377 g/mol. The van der Waals surface area contributed by atoms with Crippen molar-refractivity contribution < 1.29 is 14.3 Å². The summed E-state index contributed by atoms with van der Waals surface area (Å²) in [7, 11) is 4.86. The van der Waals surface area contributed by atoms with Crippen LogP contribution in [-0.4, -0.2) is 37.9 Å². The number of carbonyl (C=O) groups is 2. The predicted octanol–water partition coefficient (Wildman–Crippen LogP) is 2.97. The highest BCUT2D eigenvalue weighted by Crippen LogP contribution is 2.26. The molecule has 0 saturated carbocycles. The van der Waals surface area contributed by atoms with E-state index in [1.165, 1.54) is 12.0 Å². The van der Waals surface area contributed by atoms with Gasteiger partial charge < -0.3 is 20.7 Å². The van der Waals surface area contributed by atoms with Crippen molar-refractivity contribution in [2.45, 2.75) is 12.8 Å². The van der Waals surface area contributed by atoms with E-state index in [1.807, 2.05) is 24.3 Å². The lowest BCUT2D eigenvalue weighted by Gasteiger charge is -2.14. The number of nitrogen functional groups attached to an aromatic ring is 1. The van der Waals surface area contributed by atoms with E-state index < -0.39 is 0 Å². The maximum atomic E-state index is 12.2. The SMILES string of the molecule is COc1cc(C(=O)N(C)C)ccc1NC(=O)CCc1ccccc1N.Cl. The zero-order valence-corrected chi connectivity index (χ0v) is 15.9. The van der Waals surface area contributed by atoms with Gasteiger partial charge in [0.2, 0.25) is 5.91 Å². The lowest BCUT2D eigenvalue weighted by atomic mass is 10.1. The Kier molecular flexibility index (Phi) is 7.93. The molecule has 26 heavy (non-hydrogen) atoms. The molecule has 0 fully saturated rings. The standard InChI is InChI=1S/C19H23N3O3.ClH/c1-22(2)19(24)14-8-10-16(17(12-14)25-3)21-18(23)11-9-13-6-4-5-7-15(13)20;/h4-8,10,12H,9,11,20H2,1-3H3,(H,21,23);1H. The molecule has 0 saturated heterocycles. The number of hydrogen-bond donors (Lipinski definition) is 2. The number of rotatable bonds is 6. The summed E-state index contributed by atoms with van der Waals surface area (Å²) in [4.78, 5) is 25.7. The highest BCUT2D eigenvalue weighted by molar-refractivity contribution is 5.97. The number of para-hydroxylation sites is 1. The van der Waals surface area contributed by atoms with Crippen LogP contribution in [0.3, 0.4) is 0 Å². The Morgan fingerprint density at radius 3 is 2.46 bits per heavy atom. The van der Waals surface area contributed by atoms with Gasteiger partial charge in [0.1, 0.15) is 5.75 Å². The van der Waals surface area contributed by atoms with E-state index in [9.17, 15) is 9.59 Å². The van der Waals surface area contributed by atoms with E-state index in [0.717, 1.165) is 5.56 Å². The highest BCUT2D eigenvalue weighted by atomic mass is 35.5. The average Bonchev–Trinajstić information content (AvgIpc) is 2.60. The first-order valence-electron chi connectivity index (χ1n) is 7.95. The van der Waals surface area contributed by atoms with Crippen LogP contribution in [0, 0.1) is 0 Å². The van der Waals surface area contributed by atoms with Crippen LogP contribution in [0.2, 0.25) is 0 Å². The first-order valence-corrected chi connectivity index (χ1v) is 7.95. The Hall–Kier alpha value is -2.73. The fraction of sp³-hybridized carbons (Fsp3) is 0.263. The average molecular weight is 378 g/mol. The largest absolute Gasteiger partial charge is 0.495 e. The van der Waals surface area contributed by atoms with E-state index in [1.54, 1.807) is 32.3 Å². The van der Waals surface area contributed by atoms with Crippen molar-refractivity contribution >= 4 is 35.6 Å². The molecule has 140 valence electrons. The van der Waals surface area contributed by atoms with Crippen LogP contribution >= 0.6 is 12.4 Å². The molecule has 0 aliphatic rings. The first-order chi connectivity index (χ1) is 11.9. The van der Waals surface area contributed by atoms with Gasteiger partial charge >= 0.3 is 0 Å². The third-order valence-electron chi connectivity index (χ3n) is 3.81. The van der Waals surface area contributed by atoms with Crippen LogP contribution in [0.5, 0.6) is 5.75 Å². The minimum Gasteiger partial charge on any atom is -0.495 e. The summed E-state index contributed by atoms with van der Waals surface area (Å²) >= 11 is 0. The molecule has 0 unspecified atom stereocenters. The summed E-state index contributed by atoms with van der Waals surface area (Å²) in [6, 6.07) is 12.4. The zero-order valence-electron chi connectivity index (χ0n) is 15.1. The third-order valence-corrected chi connectivity index (χ3v) is 3.81. The molecule has 0 aliphatic carbocycles. The molecular weight excluding hydrogens is 354 g/mol. The topological polar surface area (TPSA) is 84.7 Å². The van der Waals surface area contributed by atoms with Crippen LogP contribution in [0.1, 0.15) is 22.3 Å². The van der Waals surface area contributed by atoms with Gasteiger partial charge in [-0.1, -0.05) is 18.2 Å². The molecule has 7 heteroatoms. The molecule has 2 aromatic rings. The summed E-state index contributed by atoms with van der Waals surface area (Å²) in [5, 5.41) is 2.82. The zero-order chi connectivity index (χ0) is 18.4. The molecular formula is C19H24ClN3O3. The summed E-state index contributed by atoms with van der Waals surface area (Å²) in [6.45, 7) is 0. The predicted molar refractivity (Wildman–Crippen MR) is 106 cm³/mol. The van der Waals surface area contributed by atoms with Gasteiger partial charge in [-0.3, -0.25) is 9.59 Å². The number of halogens is 1. The number of nitrogens with zero attached hydrogens (tertiary/aromatic N) is 1. The second kappa shape index (κ2) is 9.68. The van der Waals surface area contributed by atoms with Crippen molar-refractivity contribution in [3.05, 3.63) is 53.6 Å². The molecule has 0 atom stereocenters. The molecule has 6 nitrogen and oxygen atoms in total. The Labute approximate surface area is 159 Å². The number of amides is 2. The molecule has 3 N–H and O–H groups in total. The summed E-state index contributed by atoms with van der Waals surface area (Å²) in [5.74, 6) is 0.171. The minimum atomic E-state index is -0.145. The van der Waals surface area contributed by atoms with Crippen molar-refractivity contribution in [2.24, 2.45) is 0 Å². The second-order valence-corrected chi connectivity index (χ2v) is 5.86. The maximum Gasteiger partial charge on any atom is 0.253 e. The molecule has 0 spiro atoms. The van der Waals surface area contributed by atoms with Crippen molar-refractivity contribution in [1.82, 2.24) is 4.90 Å². The van der Waals surface area contributed by atoms with E-state index in [0.29, 0.717) is 35.5 Å². The number of aryl methyl sites for hydroxylation is 1. The summed E-state index contributed by atoms with van der Waals surface area (Å²) in [6.07, 6.45) is 0.855. The highest BCUT2D eigenvalue weighted by Gasteiger charge is 2.13. The van der Waals surface area contributed by atoms with Gasteiger partial charge in [0, 0.05) is 31.8 Å². The van der Waals surface area contributed by atoms with Gasteiger partial charge in [-0.15, -0.1) is 12.4 Å². The number of methoxy groups -OCH3 is 1. The van der Waals surface area contributed by atoms with Gasteiger partial charge in [-0.2, -0.15) is 0 Å². The first kappa shape index (κ1) is 21.3. The fourth-order valence-electron chi connectivity index (χ4n) is 2.41. The molecule has 0 aliphatic heterocycles. The van der Waals surface area contributed by atoms with E-state index in [4.69, 9.17) is 10.5 Å². The lowest BCUT2D eigenvalue weighted by Crippen LogP contribution is -2.21. The van der Waals surface area contributed by atoms with Crippen LogP contribution in [0.25, 0.3) is 0 Å². The third kappa shape index (κ3) is 5.39. The number of nitrogens with two attached hydrogens (primary N) is 1. The van der Waals surface area contributed by atoms with Crippen LogP contribution in [-0.2, 0) is 11.2 Å². The van der Waals surface area contributed by atoms with Gasteiger partial charge in [-0.25, -0.2) is 0 Å². The van der Waals surface area contributed by atoms with E-state index in [-0.39, 0.29) is 24.2 Å². The summed E-state index contributed by atoms with van der Waals surface area (Å²) in [5.41, 5.74) is 8.54. The van der Waals surface area contributed by atoms with Crippen molar-refractivity contribution in [3.63, 3.8) is 0 Å². The number of hydrogen-bond acceptors (Lipinski definition) is 4. The smallest absolute Gasteiger partial charge is 0.253 e. The molecule has 0 heterocycles. The van der Waals surface area contributed by atoms with E-state index in [2.05, 4.69) is 5.32 Å². The van der Waals surface area contributed by atoms with Crippen LogP contribution < -0.4 is 15.8 Å². The molecule has 2 amide bonds. The van der Waals surface area contributed by atoms with E-state index >= 15 is 0 Å². The van der Waals surface area contributed by atoms with Gasteiger partial charge in [0.25, 0.3) is 5.91 Å². The Morgan fingerprint density at radius 1 is 1.15 bits per heavy atom. The van der Waals surface area contributed by atoms with Crippen LogP contribution in [0.15, 0.2) is 42.5 Å². The quantitative estimate of drug-likeness (QED) is 0.758. The Balaban J connectivity index is 0.00000338. The molecule has 2 aromatic carbocycles. The maximum absolute atomic E-state index is 12.2.